The van der Waals surface area contributed by atoms with Crippen molar-refractivity contribution in [3.8, 4) is 5.75 Å². The van der Waals surface area contributed by atoms with Crippen molar-refractivity contribution in [3.05, 3.63) is 71.0 Å². The highest BCUT2D eigenvalue weighted by Crippen LogP contribution is 2.16. The van der Waals surface area contributed by atoms with Crippen molar-refractivity contribution < 1.29 is 4.74 Å². The number of pyridine rings is 1. The van der Waals surface area contributed by atoms with Gasteiger partial charge in [-0.05, 0) is 30.7 Å². The van der Waals surface area contributed by atoms with E-state index in [4.69, 9.17) is 4.74 Å². The predicted molar refractivity (Wildman–Crippen MR) is 110 cm³/mol. The Morgan fingerprint density at radius 2 is 1.67 bits per heavy atom. The maximum absolute atomic E-state index is 12.1. The summed E-state index contributed by atoms with van der Waals surface area (Å²) in [6.45, 7) is 5.77. The summed E-state index contributed by atoms with van der Waals surface area (Å²) in [6, 6.07) is 20.2. The number of aromatic nitrogens is 1. The average molecular weight is 363 g/mol. The van der Waals surface area contributed by atoms with Crippen molar-refractivity contribution in [2.45, 2.75) is 6.42 Å². The number of aromatic amines is 1. The number of hydrogen-bond donors (Lipinski definition) is 1. The Bertz CT molecular complexity index is 931. The molecule has 1 saturated heterocycles. The molecule has 2 aromatic carbocycles. The van der Waals surface area contributed by atoms with E-state index in [0.717, 1.165) is 50.0 Å². The van der Waals surface area contributed by atoms with Crippen LogP contribution >= 0.6 is 0 Å². The third-order valence-corrected chi connectivity index (χ3v) is 5.09. The van der Waals surface area contributed by atoms with Crippen LogP contribution in [0.1, 0.15) is 6.42 Å². The quantitative estimate of drug-likeness (QED) is 0.684. The first-order valence-electron chi connectivity index (χ1n) is 9.57. The molecule has 0 spiro atoms. The van der Waals surface area contributed by atoms with E-state index in [2.05, 4.69) is 45.1 Å². The molecule has 27 heavy (non-hydrogen) atoms. The van der Waals surface area contributed by atoms with E-state index < -0.39 is 0 Å². The van der Waals surface area contributed by atoms with Gasteiger partial charge in [0.05, 0.1) is 6.61 Å². The molecule has 140 valence electrons. The molecule has 0 amide bonds. The molecule has 2 heterocycles. The molecule has 1 fully saturated rings. The molecule has 0 atom stereocenters. The SMILES string of the molecule is O=c1[nH]c2ccccc2cc1OCCCN1CCN(c2ccccc2)CC1. The van der Waals surface area contributed by atoms with Crippen LogP contribution in [0.4, 0.5) is 5.69 Å². The minimum absolute atomic E-state index is 0.162. The van der Waals surface area contributed by atoms with Crippen LogP contribution in [0, 0.1) is 0 Å². The molecular weight excluding hydrogens is 338 g/mol. The first-order valence-corrected chi connectivity index (χ1v) is 9.57. The second kappa shape index (κ2) is 8.27. The number of nitrogens with one attached hydrogen (secondary N) is 1. The van der Waals surface area contributed by atoms with Crippen LogP contribution in [-0.2, 0) is 0 Å². The van der Waals surface area contributed by atoms with Crippen molar-refractivity contribution in [1.82, 2.24) is 9.88 Å². The minimum atomic E-state index is -0.162. The number of nitrogens with zero attached hydrogens (tertiary/aromatic N) is 2. The number of anilines is 1. The lowest BCUT2D eigenvalue weighted by molar-refractivity contribution is 0.224. The van der Waals surface area contributed by atoms with Gasteiger partial charge in [0.25, 0.3) is 5.56 Å². The molecule has 0 radical (unpaired) electrons. The molecular formula is C22H25N3O2. The summed E-state index contributed by atoms with van der Waals surface area (Å²) in [6.07, 6.45) is 0.914. The van der Waals surface area contributed by atoms with Gasteiger partial charge in [-0.25, -0.2) is 0 Å². The van der Waals surface area contributed by atoms with Gasteiger partial charge in [-0.15, -0.1) is 0 Å². The number of H-pyrrole nitrogens is 1. The first kappa shape index (κ1) is 17.6. The maximum atomic E-state index is 12.1. The Kier molecular flexibility index (Phi) is 5.39. The van der Waals surface area contributed by atoms with E-state index in [-0.39, 0.29) is 5.56 Å². The average Bonchev–Trinajstić information content (AvgIpc) is 2.72. The molecule has 4 rings (SSSR count). The number of rotatable bonds is 6. The summed E-state index contributed by atoms with van der Waals surface area (Å²) in [5.74, 6) is 0.405. The van der Waals surface area contributed by atoms with Gasteiger partial charge in [-0.2, -0.15) is 0 Å². The highest BCUT2D eigenvalue weighted by Gasteiger charge is 2.16. The Hall–Kier alpha value is -2.79. The summed E-state index contributed by atoms with van der Waals surface area (Å²) in [7, 11) is 0. The number of para-hydroxylation sites is 2. The van der Waals surface area contributed by atoms with Gasteiger partial charge < -0.3 is 14.6 Å². The highest BCUT2D eigenvalue weighted by atomic mass is 16.5. The lowest BCUT2D eigenvalue weighted by Gasteiger charge is -2.36. The molecule has 0 bridgehead atoms. The van der Waals surface area contributed by atoms with Crippen LogP contribution in [0.15, 0.2) is 65.5 Å². The van der Waals surface area contributed by atoms with Gasteiger partial charge in [0, 0.05) is 49.3 Å². The lowest BCUT2D eigenvalue weighted by atomic mass is 10.2. The molecule has 0 unspecified atom stereocenters. The van der Waals surface area contributed by atoms with Gasteiger partial charge in [0.15, 0.2) is 5.75 Å². The summed E-state index contributed by atoms with van der Waals surface area (Å²) in [5.41, 5.74) is 1.98. The smallest absolute Gasteiger partial charge is 0.290 e. The van der Waals surface area contributed by atoms with Gasteiger partial charge in [0.2, 0.25) is 0 Å². The van der Waals surface area contributed by atoms with E-state index in [0.29, 0.717) is 12.4 Å². The van der Waals surface area contributed by atoms with Gasteiger partial charge in [-0.1, -0.05) is 36.4 Å². The second-order valence-corrected chi connectivity index (χ2v) is 6.92. The van der Waals surface area contributed by atoms with E-state index in [1.807, 2.05) is 30.3 Å². The second-order valence-electron chi connectivity index (χ2n) is 6.92. The molecule has 5 nitrogen and oxygen atoms in total. The standard InChI is InChI=1S/C22H25N3O2/c26-22-21(17-18-7-4-5-10-20(18)23-22)27-16-6-11-24-12-14-25(15-13-24)19-8-2-1-3-9-19/h1-5,7-10,17H,6,11-16H2,(H,23,26). The zero-order chi connectivity index (χ0) is 18.5. The normalized spacial score (nSPS) is 15.2. The molecule has 5 heteroatoms. The van der Waals surface area contributed by atoms with Crippen LogP contribution in [0.5, 0.6) is 5.75 Å². The number of fused-ring (bicyclic) bond motifs is 1. The number of benzene rings is 2. The highest BCUT2D eigenvalue weighted by molar-refractivity contribution is 5.79. The van der Waals surface area contributed by atoms with Crippen molar-refractivity contribution >= 4 is 16.6 Å². The van der Waals surface area contributed by atoms with E-state index in [1.54, 1.807) is 0 Å². The van der Waals surface area contributed by atoms with E-state index in [1.165, 1.54) is 5.69 Å². The Morgan fingerprint density at radius 1 is 0.926 bits per heavy atom. The Labute approximate surface area is 159 Å². The molecule has 1 aliphatic heterocycles. The monoisotopic (exact) mass is 363 g/mol. The lowest BCUT2D eigenvalue weighted by Crippen LogP contribution is -2.46. The summed E-state index contributed by atoms with van der Waals surface area (Å²) >= 11 is 0. The van der Waals surface area contributed by atoms with E-state index in [9.17, 15) is 4.79 Å². The Morgan fingerprint density at radius 3 is 2.48 bits per heavy atom. The number of piperazine rings is 1. The molecule has 1 aliphatic rings. The van der Waals surface area contributed by atoms with Crippen LogP contribution in [0.25, 0.3) is 10.9 Å². The fourth-order valence-corrected chi connectivity index (χ4v) is 3.57. The van der Waals surface area contributed by atoms with Gasteiger partial charge in [0.1, 0.15) is 0 Å². The summed E-state index contributed by atoms with van der Waals surface area (Å²) in [5, 5.41) is 0.990. The molecule has 1 N–H and O–H groups in total. The summed E-state index contributed by atoms with van der Waals surface area (Å²) in [4.78, 5) is 19.9. The van der Waals surface area contributed by atoms with E-state index >= 15 is 0 Å². The Balaban J connectivity index is 1.23. The number of hydrogen-bond acceptors (Lipinski definition) is 4. The molecule has 1 aromatic heterocycles. The first-order chi connectivity index (χ1) is 13.3. The van der Waals surface area contributed by atoms with Crippen LogP contribution in [0.3, 0.4) is 0 Å². The topological polar surface area (TPSA) is 48.6 Å². The van der Waals surface area contributed by atoms with Crippen molar-refractivity contribution in [1.29, 1.82) is 0 Å². The zero-order valence-electron chi connectivity index (χ0n) is 15.4. The fourth-order valence-electron chi connectivity index (χ4n) is 3.57. The van der Waals surface area contributed by atoms with Crippen LogP contribution in [0.2, 0.25) is 0 Å². The fraction of sp³-hybridized carbons (Fsp3) is 0.318. The van der Waals surface area contributed by atoms with Gasteiger partial charge >= 0.3 is 0 Å². The largest absolute Gasteiger partial charge is 0.488 e. The van der Waals surface area contributed by atoms with Crippen molar-refractivity contribution in [3.63, 3.8) is 0 Å². The summed E-state index contributed by atoms with van der Waals surface area (Å²) < 4.78 is 5.75. The predicted octanol–water partition coefficient (Wildman–Crippen LogP) is 3.12. The third kappa shape index (κ3) is 4.31. The van der Waals surface area contributed by atoms with Gasteiger partial charge in [-0.3, -0.25) is 9.69 Å². The van der Waals surface area contributed by atoms with Crippen molar-refractivity contribution in [2.75, 3.05) is 44.2 Å². The molecule has 0 aliphatic carbocycles. The zero-order valence-corrected chi connectivity index (χ0v) is 15.4. The van der Waals surface area contributed by atoms with Crippen LogP contribution in [-0.4, -0.2) is 49.2 Å². The minimum Gasteiger partial charge on any atom is -0.488 e. The molecule has 0 saturated carbocycles. The number of ether oxygens (including phenoxy) is 1. The molecule has 3 aromatic rings. The maximum Gasteiger partial charge on any atom is 0.290 e. The third-order valence-electron chi connectivity index (χ3n) is 5.09. The van der Waals surface area contributed by atoms with Crippen LogP contribution < -0.4 is 15.2 Å². The van der Waals surface area contributed by atoms with Crippen molar-refractivity contribution in [2.24, 2.45) is 0 Å².